The number of hydrogen-bond acceptors (Lipinski definition) is 3. The van der Waals surface area contributed by atoms with Crippen LogP contribution >= 0.6 is 0 Å². The molecule has 1 heterocycles. The van der Waals surface area contributed by atoms with Gasteiger partial charge in [-0.3, -0.25) is 0 Å². The highest BCUT2D eigenvalue weighted by Gasteiger charge is 2.22. The molecule has 1 aliphatic heterocycles. The normalized spacial score (nSPS) is 20.3. The van der Waals surface area contributed by atoms with Crippen LogP contribution in [-0.2, 0) is 16.6 Å². The molecule has 0 radical (unpaired) electrons. The largest absolute Gasteiger partial charge is 0.490 e. The van der Waals surface area contributed by atoms with Crippen LogP contribution in [0.1, 0.15) is 12.5 Å². The molecule has 0 saturated heterocycles. The lowest BCUT2D eigenvalue weighted by Gasteiger charge is -2.01. The van der Waals surface area contributed by atoms with Crippen LogP contribution in [0.4, 0.5) is 3.89 Å². The second kappa shape index (κ2) is 2.95. The van der Waals surface area contributed by atoms with Crippen molar-refractivity contribution in [3.63, 3.8) is 0 Å². The van der Waals surface area contributed by atoms with Gasteiger partial charge < -0.3 is 4.74 Å². The van der Waals surface area contributed by atoms with E-state index in [1.165, 1.54) is 18.2 Å². The summed E-state index contributed by atoms with van der Waals surface area (Å²) in [6.45, 7) is 1.88. The molecule has 5 heteroatoms. The van der Waals surface area contributed by atoms with Crippen molar-refractivity contribution in [3.05, 3.63) is 23.8 Å². The summed E-state index contributed by atoms with van der Waals surface area (Å²) in [5, 5.41) is 0. The van der Waals surface area contributed by atoms with E-state index < -0.39 is 10.2 Å². The maximum absolute atomic E-state index is 12.6. The lowest BCUT2D eigenvalue weighted by molar-refractivity contribution is 0.254. The molecule has 1 aromatic carbocycles. The van der Waals surface area contributed by atoms with Crippen molar-refractivity contribution in [2.24, 2.45) is 0 Å². The average molecular weight is 216 g/mol. The van der Waals surface area contributed by atoms with Crippen LogP contribution in [0.3, 0.4) is 0 Å². The van der Waals surface area contributed by atoms with Gasteiger partial charge in [0.2, 0.25) is 0 Å². The molecular weight excluding hydrogens is 207 g/mol. The topological polar surface area (TPSA) is 43.4 Å². The molecule has 0 aromatic heterocycles. The van der Waals surface area contributed by atoms with Gasteiger partial charge in [0.05, 0.1) is 4.90 Å². The molecule has 76 valence electrons. The summed E-state index contributed by atoms with van der Waals surface area (Å²) in [6, 6.07) is 4.03. The first-order valence-corrected chi connectivity index (χ1v) is 5.59. The molecule has 2 rings (SSSR count). The van der Waals surface area contributed by atoms with Gasteiger partial charge in [-0.15, -0.1) is 3.89 Å². The standard InChI is InChI=1S/C9H9FO3S/c1-6-4-7-5-8(14(10,11)12)2-3-9(7)13-6/h2-3,5-6H,4H2,1H3. The van der Waals surface area contributed by atoms with Crippen LogP contribution in [0.5, 0.6) is 5.75 Å². The molecule has 3 nitrogen and oxygen atoms in total. The summed E-state index contributed by atoms with van der Waals surface area (Å²) in [6.07, 6.45) is 0.654. The Bertz CT molecular complexity index is 467. The second-order valence-electron chi connectivity index (χ2n) is 3.34. The third-order valence-electron chi connectivity index (χ3n) is 2.15. The van der Waals surface area contributed by atoms with Crippen LogP contribution in [-0.4, -0.2) is 14.5 Å². The van der Waals surface area contributed by atoms with E-state index in [0.29, 0.717) is 12.2 Å². The maximum atomic E-state index is 12.6. The molecule has 0 bridgehead atoms. The van der Waals surface area contributed by atoms with Crippen molar-refractivity contribution in [1.82, 2.24) is 0 Å². The van der Waals surface area contributed by atoms with Crippen molar-refractivity contribution in [3.8, 4) is 5.75 Å². The molecule has 0 N–H and O–H groups in total. The first kappa shape index (κ1) is 9.45. The minimum absolute atomic E-state index is 0.0302. The first-order valence-electron chi connectivity index (χ1n) is 4.21. The highest BCUT2D eigenvalue weighted by Crippen LogP contribution is 2.30. The van der Waals surface area contributed by atoms with E-state index in [0.717, 1.165) is 5.56 Å². The molecule has 0 saturated carbocycles. The Morgan fingerprint density at radius 2 is 2.21 bits per heavy atom. The molecule has 14 heavy (non-hydrogen) atoms. The smallest absolute Gasteiger partial charge is 0.332 e. The molecular formula is C9H9FO3S. The average Bonchev–Trinajstić information content (AvgIpc) is 2.41. The van der Waals surface area contributed by atoms with E-state index in [2.05, 4.69) is 0 Å². The minimum Gasteiger partial charge on any atom is -0.490 e. The number of hydrogen-bond donors (Lipinski definition) is 0. The summed E-state index contributed by atoms with van der Waals surface area (Å²) >= 11 is 0. The van der Waals surface area contributed by atoms with Crippen LogP contribution < -0.4 is 4.74 Å². The second-order valence-corrected chi connectivity index (χ2v) is 4.69. The van der Waals surface area contributed by atoms with E-state index in [4.69, 9.17) is 4.74 Å². The number of halogens is 1. The van der Waals surface area contributed by atoms with Gasteiger partial charge in [-0.05, 0) is 30.7 Å². The Labute approximate surface area is 81.7 Å². The molecule has 0 fully saturated rings. The lowest BCUT2D eigenvalue weighted by atomic mass is 10.1. The van der Waals surface area contributed by atoms with E-state index >= 15 is 0 Å². The Morgan fingerprint density at radius 3 is 2.86 bits per heavy atom. The molecule has 1 aromatic rings. The molecule has 1 unspecified atom stereocenters. The molecule has 0 amide bonds. The predicted molar refractivity (Wildman–Crippen MR) is 48.5 cm³/mol. The fourth-order valence-corrected chi connectivity index (χ4v) is 2.06. The third-order valence-corrected chi connectivity index (χ3v) is 2.97. The number of rotatable bonds is 1. The molecule has 1 aliphatic rings. The number of ether oxygens (including phenoxy) is 1. The predicted octanol–water partition coefficient (Wildman–Crippen LogP) is 1.67. The van der Waals surface area contributed by atoms with Crippen molar-refractivity contribution in [2.75, 3.05) is 0 Å². The van der Waals surface area contributed by atoms with E-state index in [1.807, 2.05) is 6.92 Å². The van der Waals surface area contributed by atoms with Crippen LogP contribution in [0.15, 0.2) is 23.1 Å². The number of fused-ring (bicyclic) bond motifs is 1. The fourth-order valence-electron chi connectivity index (χ4n) is 1.55. The van der Waals surface area contributed by atoms with Crippen LogP contribution in [0.2, 0.25) is 0 Å². The fraction of sp³-hybridized carbons (Fsp3) is 0.333. The Balaban J connectivity index is 2.48. The molecule has 0 spiro atoms. The highest BCUT2D eigenvalue weighted by atomic mass is 32.3. The van der Waals surface area contributed by atoms with Crippen molar-refractivity contribution in [2.45, 2.75) is 24.3 Å². The Kier molecular flexibility index (Phi) is 1.99. The minimum atomic E-state index is -4.60. The van der Waals surface area contributed by atoms with Gasteiger partial charge in [0.15, 0.2) is 0 Å². The number of benzene rings is 1. The van der Waals surface area contributed by atoms with Crippen LogP contribution in [0.25, 0.3) is 0 Å². The monoisotopic (exact) mass is 216 g/mol. The van der Waals surface area contributed by atoms with Crippen molar-refractivity contribution >= 4 is 10.2 Å². The zero-order valence-electron chi connectivity index (χ0n) is 7.53. The Hall–Kier alpha value is -1.10. The van der Waals surface area contributed by atoms with Gasteiger partial charge in [0.25, 0.3) is 0 Å². The van der Waals surface area contributed by atoms with Gasteiger partial charge in [-0.1, -0.05) is 0 Å². The van der Waals surface area contributed by atoms with E-state index in [1.54, 1.807) is 0 Å². The SMILES string of the molecule is CC1Cc2cc(S(=O)(=O)F)ccc2O1. The zero-order valence-corrected chi connectivity index (χ0v) is 8.34. The van der Waals surface area contributed by atoms with Crippen molar-refractivity contribution < 1.29 is 17.0 Å². The summed E-state index contributed by atoms with van der Waals surface area (Å²) in [4.78, 5) is -0.297. The summed E-state index contributed by atoms with van der Waals surface area (Å²) in [7, 11) is -4.60. The van der Waals surface area contributed by atoms with Gasteiger partial charge in [0.1, 0.15) is 11.9 Å². The third kappa shape index (κ3) is 1.59. The first-order chi connectivity index (χ1) is 6.47. The summed E-state index contributed by atoms with van der Waals surface area (Å²) in [5.74, 6) is 0.643. The van der Waals surface area contributed by atoms with Gasteiger partial charge >= 0.3 is 10.2 Å². The van der Waals surface area contributed by atoms with Gasteiger partial charge in [-0.2, -0.15) is 8.42 Å². The maximum Gasteiger partial charge on any atom is 0.332 e. The van der Waals surface area contributed by atoms with Crippen molar-refractivity contribution in [1.29, 1.82) is 0 Å². The zero-order chi connectivity index (χ0) is 10.3. The van der Waals surface area contributed by atoms with Gasteiger partial charge in [0, 0.05) is 6.42 Å². The molecule has 1 atom stereocenters. The summed E-state index contributed by atoms with van der Waals surface area (Å²) < 4.78 is 39.2. The molecule has 0 aliphatic carbocycles. The van der Waals surface area contributed by atoms with Gasteiger partial charge in [-0.25, -0.2) is 0 Å². The van der Waals surface area contributed by atoms with E-state index in [-0.39, 0.29) is 11.0 Å². The van der Waals surface area contributed by atoms with E-state index in [9.17, 15) is 12.3 Å². The highest BCUT2D eigenvalue weighted by molar-refractivity contribution is 7.86. The quantitative estimate of drug-likeness (QED) is 0.671. The lowest BCUT2D eigenvalue weighted by Crippen LogP contribution is -2.05. The Morgan fingerprint density at radius 1 is 1.50 bits per heavy atom. The summed E-state index contributed by atoms with van der Waals surface area (Å²) in [5.41, 5.74) is 0.747. The van der Waals surface area contributed by atoms with Crippen LogP contribution in [0, 0.1) is 0 Å².